The molecule has 0 amide bonds. The second-order valence-corrected chi connectivity index (χ2v) is 8.57. The van der Waals surface area contributed by atoms with Crippen molar-refractivity contribution in [2.45, 2.75) is 26.1 Å². The fraction of sp³-hybridized carbons (Fsp3) is 0.500. The van der Waals surface area contributed by atoms with E-state index in [1.54, 1.807) is 24.6 Å². The zero-order valence-electron chi connectivity index (χ0n) is 12.5. The minimum atomic E-state index is -3.17. The van der Waals surface area contributed by atoms with E-state index < -0.39 is 10.0 Å². The van der Waals surface area contributed by atoms with Crippen molar-refractivity contribution in [2.75, 3.05) is 18.8 Å². The summed E-state index contributed by atoms with van der Waals surface area (Å²) in [4.78, 5) is 7.87. The Morgan fingerprint density at radius 1 is 1.50 bits per heavy atom. The van der Waals surface area contributed by atoms with E-state index in [2.05, 4.69) is 36.7 Å². The first kappa shape index (κ1) is 15.7. The molecule has 1 atom stereocenters. The molecular weight excluding hydrogens is 320 g/mol. The first-order chi connectivity index (χ1) is 10.6. The molecule has 1 N–H and O–H groups in total. The van der Waals surface area contributed by atoms with Crippen LogP contribution in [0, 0.1) is 0 Å². The standard InChI is InChI=1S/C14H20N4O2S2/c1-2-22(19,20)16-7-13-9-17(10-14-4-3-5-21-14)8-12-6-15-11-18(12)13/h3-6,11,13,16H,2,7-10H2,1H3/t13-/m1/s1. The molecule has 22 heavy (non-hydrogen) atoms. The molecule has 8 heteroatoms. The molecule has 0 spiro atoms. The fourth-order valence-corrected chi connectivity index (χ4v) is 4.09. The molecule has 1 aliphatic heterocycles. The van der Waals surface area contributed by atoms with Crippen molar-refractivity contribution in [3.63, 3.8) is 0 Å². The van der Waals surface area contributed by atoms with Gasteiger partial charge in [-0.1, -0.05) is 6.07 Å². The Kier molecular flexibility index (Phi) is 4.62. The molecule has 2 aromatic heterocycles. The van der Waals surface area contributed by atoms with Gasteiger partial charge >= 0.3 is 0 Å². The van der Waals surface area contributed by atoms with Crippen molar-refractivity contribution in [1.29, 1.82) is 0 Å². The van der Waals surface area contributed by atoms with Crippen molar-refractivity contribution in [2.24, 2.45) is 0 Å². The highest BCUT2D eigenvalue weighted by molar-refractivity contribution is 7.89. The first-order valence-electron chi connectivity index (χ1n) is 7.30. The van der Waals surface area contributed by atoms with E-state index in [4.69, 9.17) is 0 Å². The molecule has 3 heterocycles. The van der Waals surface area contributed by atoms with Crippen molar-refractivity contribution in [1.82, 2.24) is 19.2 Å². The predicted molar refractivity (Wildman–Crippen MR) is 87.2 cm³/mol. The summed E-state index contributed by atoms with van der Waals surface area (Å²) in [6, 6.07) is 4.26. The van der Waals surface area contributed by atoms with Gasteiger partial charge in [0.25, 0.3) is 0 Å². The number of nitrogens with one attached hydrogen (secondary N) is 1. The lowest BCUT2D eigenvalue weighted by Crippen LogP contribution is -2.42. The fourth-order valence-electron chi connectivity index (χ4n) is 2.69. The normalized spacial score (nSPS) is 19.2. The molecule has 1 aliphatic rings. The number of sulfonamides is 1. The van der Waals surface area contributed by atoms with Gasteiger partial charge in [-0.15, -0.1) is 11.3 Å². The van der Waals surface area contributed by atoms with E-state index in [0.717, 1.165) is 25.3 Å². The third kappa shape index (κ3) is 3.57. The summed E-state index contributed by atoms with van der Waals surface area (Å²) in [5, 5.41) is 2.08. The Hall–Kier alpha value is -1.22. The van der Waals surface area contributed by atoms with Gasteiger partial charge in [-0.2, -0.15) is 0 Å². The molecule has 0 radical (unpaired) electrons. The zero-order valence-corrected chi connectivity index (χ0v) is 14.1. The highest BCUT2D eigenvalue weighted by Crippen LogP contribution is 2.23. The van der Waals surface area contributed by atoms with Gasteiger partial charge in [0.1, 0.15) is 0 Å². The zero-order chi connectivity index (χ0) is 15.6. The summed E-state index contributed by atoms with van der Waals surface area (Å²) in [5.74, 6) is 0.107. The van der Waals surface area contributed by atoms with E-state index >= 15 is 0 Å². The average molecular weight is 340 g/mol. The molecule has 0 saturated heterocycles. The minimum absolute atomic E-state index is 0.0764. The Labute approximate surface area is 134 Å². The highest BCUT2D eigenvalue weighted by Gasteiger charge is 2.26. The SMILES string of the molecule is CCS(=O)(=O)NC[C@@H]1CN(Cc2cccs2)Cc2cncn21. The summed E-state index contributed by atoms with van der Waals surface area (Å²) in [5.41, 5.74) is 1.13. The lowest BCUT2D eigenvalue weighted by Gasteiger charge is -2.34. The van der Waals surface area contributed by atoms with E-state index in [1.807, 2.05) is 6.20 Å². The molecule has 0 saturated carbocycles. The largest absolute Gasteiger partial charge is 0.328 e. The monoisotopic (exact) mass is 340 g/mol. The molecule has 3 rings (SSSR count). The molecule has 2 aromatic rings. The van der Waals surface area contributed by atoms with Crippen LogP contribution in [0.2, 0.25) is 0 Å². The number of imidazole rings is 1. The Morgan fingerprint density at radius 2 is 2.36 bits per heavy atom. The molecule has 0 unspecified atom stereocenters. The Morgan fingerprint density at radius 3 is 3.09 bits per heavy atom. The van der Waals surface area contributed by atoms with E-state index in [-0.39, 0.29) is 11.8 Å². The van der Waals surface area contributed by atoms with E-state index in [9.17, 15) is 8.42 Å². The number of rotatable bonds is 6. The van der Waals surface area contributed by atoms with Crippen molar-refractivity contribution in [3.05, 3.63) is 40.6 Å². The van der Waals surface area contributed by atoms with Gasteiger partial charge in [-0.05, 0) is 18.4 Å². The van der Waals surface area contributed by atoms with Crippen LogP contribution in [0.1, 0.15) is 23.5 Å². The number of thiophene rings is 1. The van der Waals surface area contributed by atoms with Gasteiger partial charge in [0.2, 0.25) is 10.0 Å². The van der Waals surface area contributed by atoms with Crippen LogP contribution in [0.15, 0.2) is 30.0 Å². The summed E-state index contributed by atoms with van der Waals surface area (Å²) < 4.78 is 28.1. The molecule has 6 nitrogen and oxygen atoms in total. The number of fused-ring (bicyclic) bond motifs is 1. The topological polar surface area (TPSA) is 67.2 Å². The third-order valence-corrected chi connectivity index (χ3v) is 6.10. The van der Waals surface area contributed by atoms with Crippen LogP contribution in [0.3, 0.4) is 0 Å². The minimum Gasteiger partial charge on any atom is -0.328 e. The molecule has 120 valence electrons. The van der Waals surface area contributed by atoms with Crippen LogP contribution in [-0.4, -0.2) is 41.7 Å². The number of aromatic nitrogens is 2. The third-order valence-electron chi connectivity index (χ3n) is 3.87. The highest BCUT2D eigenvalue weighted by atomic mass is 32.2. The molecule has 0 bridgehead atoms. The van der Waals surface area contributed by atoms with Gasteiger partial charge in [0.15, 0.2) is 0 Å². The van der Waals surface area contributed by atoms with Crippen LogP contribution in [0.25, 0.3) is 0 Å². The van der Waals surface area contributed by atoms with Crippen LogP contribution in [0.4, 0.5) is 0 Å². The molecule has 0 aliphatic carbocycles. The van der Waals surface area contributed by atoms with Crippen LogP contribution < -0.4 is 4.72 Å². The quantitative estimate of drug-likeness (QED) is 0.864. The van der Waals surface area contributed by atoms with Crippen LogP contribution >= 0.6 is 11.3 Å². The number of nitrogens with zero attached hydrogens (tertiary/aromatic N) is 3. The Balaban J connectivity index is 1.72. The second-order valence-electron chi connectivity index (χ2n) is 5.45. The van der Waals surface area contributed by atoms with Crippen molar-refractivity contribution < 1.29 is 8.42 Å². The lowest BCUT2D eigenvalue weighted by molar-refractivity contribution is 0.179. The van der Waals surface area contributed by atoms with Gasteiger partial charge in [0, 0.05) is 37.3 Å². The maximum absolute atomic E-state index is 11.7. The first-order valence-corrected chi connectivity index (χ1v) is 9.83. The lowest BCUT2D eigenvalue weighted by atomic mass is 10.2. The van der Waals surface area contributed by atoms with E-state index in [0.29, 0.717) is 6.54 Å². The summed E-state index contributed by atoms with van der Waals surface area (Å²) in [6.45, 7) is 4.59. The Bertz CT molecular complexity index is 709. The molecule has 0 aromatic carbocycles. The summed E-state index contributed by atoms with van der Waals surface area (Å²) in [6.07, 6.45) is 3.66. The molecular formula is C14H20N4O2S2. The number of hydrogen-bond acceptors (Lipinski definition) is 5. The average Bonchev–Trinajstić information content (AvgIpc) is 3.16. The maximum atomic E-state index is 11.7. The van der Waals surface area contributed by atoms with Crippen molar-refractivity contribution in [3.8, 4) is 0 Å². The van der Waals surface area contributed by atoms with Gasteiger partial charge in [-0.3, -0.25) is 4.90 Å². The summed E-state index contributed by atoms with van der Waals surface area (Å²) >= 11 is 1.75. The maximum Gasteiger partial charge on any atom is 0.211 e. The van der Waals surface area contributed by atoms with Crippen LogP contribution in [0.5, 0.6) is 0 Å². The van der Waals surface area contributed by atoms with Gasteiger partial charge in [0.05, 0.1) is 23.8 Å². The smallest absolute Gasteiger partial charge is 0.211 e. The van der Waals surface area contributed by atoms with Crippen LogP contribution in [-0.2, 0) is 23.1 Å². The second kappa shape index (κ2) is 6.49. The van der Waals surface area contributed by atoms with E-state index in [1.165, 1.54) is 4.88 Å². The predicted octanol–water partition coefficient (Wildman–Crippen LogP) is 1.44. The van der Waals surface area contributed by atoms with Gasteiger partial charge in [-0.25, -0.2) is 18.1 Å². The van der Waals surface area contributed by atoms with Crippen molar-refractivity contribution >= 4 is 21.4 Å². The summed E-state index contributed by atoms with van der Waals surface area (Å²) in [7, 11) is -3.17. The number of hydrogen-bond donors (Lipinski definition) is 1. The molecule has 0 fully saturated rings. The van der Waals surface area contributed by atoms with Gasteiger partial charge < -0.3 is 4.57 Å².